The van der Waals surface area contributed by atoms with Gasteiger partial charge in [-0.15, -0.1) is 0 Å². The molecule has 1 aliphatic heterocycles. The quantitative estimate of drug-likeness (QED) is 0.625. The van der Waals surface area contributed by atoms with Crippen molar-refractivity contribution in [3.05, 3.63) is 89.5 Å². The number of nitrogens with zero attached hydrogens (tertiary/aromatic N) is 2. The van der Waals surface area contributed by atoms with Crippen molar-refractivity contribution in [1.82, 2.24) is 8.87 Å². The smallest absolute Gasteiger partial charge is 0.244 e. The van der Waals surface area contributed by atoms with Crippen LogP contribution in [0.25, 0.3) is 0 Å². The lowest BCUT2D eigenvalue weighted by atomic mass is 9.87. The van der Waals surface area contributed by atoms with Gasteiger partial charge in [0.2, 0.25) is 10.0 Å². The zero-order chi connectivity index (χ0) is 20.8. The van der Waals surface area contributed by atoms with Gasteiger partial charge in [-0.05, 0) is 52.9 Å². The number of hydrogen-bond acceptors (Lipinski definition) is 2. The number of fused-ring (bicyclic) bond motifs is 1. The van der Waals surface area contributed by atoms with Crippen LogP contribution in [0.4, 0.5) is 4.39 Å². The highest BCUT2D eigenvalue weighted by atomic mass is 32.2. The summed E-state index contributed by atoms with van der Waals surface area (Å²) >= 11 is 0. The molecule has 0 bridgehead atoms. The zero-order valence-corrected chi connectivity index (χ0v) is 17.7. The molecule has 0 aliphatic carbocycles. The second-order valence-electron chi connectivity index (χ2n) is 8.47. The number of rotatable bonds is 3. The fourth-order valence-corrected chi connectivity index (χ4v) is 5.48. The molecular formula is C23H25FN2O2S. The fourth-order valence-electron chi connectivity index (χ4n) is 3.90. The van der Waals surface area contributed by atoms with Crippen molar-refractivity contribution < 1.29 is 12.8 Å². The van der Waals surface area contributed by atoms with Crippen LogP contribution in [-0.2, 0) is 22.0 Å². The van der Waals surface area contributed by atoms with Crippen molar-refractivity contribution in [2.45, 2.75) is 43.7 Å². The second kappa shape index (κ2) is 7.11. The van der Waals surface area contributed by atoms with Gasteiger partial charge in [0, 0.05) is 25.0 Å². The first-order valence-electron chi connectivity index (χ1n) is 9.71. The molecule has 1 atom stereocenters. The number of sulfonamides is 1. The summed E-state index contributed by atoms with van der Waals surface area (Å²) in [6.45, 7) is 7.17. The van der Waals surface area contributed by atoms with Crippen molar-refractivity contribution in [2.75, 3.05) is 6.54 Å². The topological polar surface area (TPSA) is 42.3 Å². The number of benzene rings is 2. The molecule has 0 amide bonds. The average molecular weight is 413 g/mol. The Hall–Kier alpha value is -2.44. The van der Waals surface area contributed by atoms with Crippen LogP contribution in [0.2, 0.25) is 0 Å². The third-order valence-electron chi connectivity index (χ3n) is 5.49. The minimum atomic E-state index is -3.76. The number of halogens is 1. The Labute approximate surface area is 171 Å². The Bertz CT molecular complexity index is 1130. The van der Waals surface area contributed by atoms with Crippen molar-refractivity contribution in [3.8, 4) is 0 Å². The summed E-state index contributed by atoms with van der Waals surface area (Å²) in [7, 11) is -3.76. The predicted octanol–water partition coefficient (Wildman–Crippen LogP) is 4.72. The van der Waals surface area contributed by atoms with E-state index >= 15 is 0 Å². The summed E-state index contributed by atoms with van der Waals surface area (Å²) in [4.78, 5) is 0.256. The van der Waals surface area contributed by atoms with Crippen molar-refractivity contribution in [3.63, 3.8) is 0 Å². The zero-order valence-electron chi connectivity index (χ0n) is 16.8. The molecule has 6 heteroatoms. The Morgan fingerprint density at radius 3 is 2.34 bits per heavy atom. The van der Waals surface area contributed by atoms with E-state index in [4.69, 9.17) is 0 Å². The first kappa shape index (κ1) is 19.9. The average Bonchev–Trinajstić information content (AvgIpc) is 3.15. The molecule has 2 aromatic carbocycles. The van der Waals surface area contributed by atoms with E-state index < -0.39 is 16.1 Å². The normalized spacial score (nSPS) is 17.9. The Kier molecular flexibility index (Phi) is 4.87. The van der Waals surface area contributed by atoms with Crippen LogP contribution in [0.3, 0.4) is 0 Å². The lowest BCUT2D eigenvalue weighted by Crippen LogP contribution is -2.42. The van der Waals surface area contributed by atoms with Gasteiger partial charge in [-0.2, -0.15) is 4.31 Å². The summed E-state index contributed by atoms with van der Waals surface area (Å²) in [5.41, 5.74) is 2.49. The molecule has 2 heterocycles. The minimum absolute atomic E-state index is 0.0572. The van der Waals surface area contributed by atoms with E-state index in [0.29, 0.717) is 18.7 Å². The van der Waals surface area contributed by atoms with E-state index in [0.717, 1.165) is 11.3 Å². The molecular weight excluding hydrogens is 387 g/mol. The van der Waals surface area contributed by atoms with Crippen molar-refractivity contribution >= 4 is 10.0 Å². The third-order valence-corrected chi connectivity index (χ3v) is 7.36. The largest absolute Gasteiger partial charge is 0.348 e. The van der Waals surface area contributed by atoms with Gasteiger partial charge < -0.3 is 4.57 Å². The van der Waals surface area contributed by atoms with Crippen molar-refractivity contribution in [2.24, 2.45) is 0 Å². The lowest BCUT2D eigenvalue weighted by Gasteiger charge is -2.36. The highest BCUT2D eigenvalue weighted by Gasteiger charge is 2.37. The Balaban J connectivity index is 1.79. The van der Waals surface area contributed by atoms with Gasteiger partial charge in [0.25, 0.3) is 0 Å². The van der Waals surface area contributed by atoms with Crippen LogP contribution in [0, 0.1) is 5.82 Å². The molecule has 4 nitrogen and oxygen atoms in total. The lowest BCUT2D eigenvalue weighted by molar-refractivity contribution is 0.298. The number of hydrogen-bond donors (Lipinski definition) is 0. The van der Waals surface area contributed by atoms with Crippen LogP contribution in [0.5, 0.6) is 0 Å². The molecule has 1 aliphatic rings. The summed E-state index contributed by atoms with van der Waals surface area (Å²) in [6, 6.07) is 16.5. The standard InChI is InChI=1S/C23H25FN2O2S/c1-23(2,3)18-9-11-20(12-10-18)29(27,28)26-15-14-25-13-5-8-21(25)22(26)17-6-4-7-19(24)16-17/h4-13,16,22H,14-15H2,1-3H3. The first-order chi connectivity index (χ1) is 13.7. The van der Waals surface area contributed by atoms with E-state index in [2.05, 4.69) is 20.8 Å². The van der Waals surface area contributed by atoms with Gasteiger partial charge in [-0.3, -0.25) is 0 Å². The maximum Gasteiger partial charge on any atom is 0.244 e. The molecule has 1 unspecified atom stereocenters. The Morgan fingerprint density at radius 2 is 1.69 bits per heavy atom. The van der Waals surface area contributed by atoms with Gasteiger partial charge in [0.15, 0.2) is 0 Å². The van der Waals surface area contributed by atoms with Gasteiger partial charge in [-0.25, -0.2) is 12.8 Å². The van der Waals surface area contributed by atoms with Crippen molar-refractivity contribution in [1.29, 1.82) is 0 Å². The van der Waals surface area contributed by atoms with Gasteiger partial charge in [0.05, 0.1) is 10.9 Å². The molecule has 152 valence electrons. The molecule has 3 aromatic rings. The molecule has 4 rings (SSSR count). The van der Waals surface area contributed by atoms with E-state index in [1.54, 1.807) is 24.3 Å². The highest BCUT2D eigenvalue weighted by molar-refractivity contribution is 7.89. The van der Waals surface area contributed by atoms with Crippen LogP contribution >= 0.6 is 0 Å². The molecule has 0 saturated carbocycles. The van der Waals surface area contributed by atoms with Crippen LogP contribution < -0.4 is 0 Å². The van der Waals surface area contributed by atoms with E-state index in [1.165, 1.54) is 16.4 Å². The molecule has 1 aromatic heterocycles. The van der Waals surface area contributed by atoms with E-state index in [-0.39, 0.29) is 16.1 Å². The highest BCUT2D eigenvalue weighted by Crippen LogP contribution is 2.37. The maximum absolute atomic E-state index is 14.0. The second-order valence-corrected chi connectivity index (χ2v) is 10.4. The summed E-state index contributed by atoms with van der Waals surface area (Å²) in [5.74, 6) is -0.377. The van der Waals surface area contributed by atoms with Gasteiger partial charge in [0.1, 0.15) is 5.82 Å². The summed E-state index contributed by atoms with van der Waals surface area (Å²) < 4.78 is 44.6. The Morgan fingerprint density at radius 1 is 0.966 bits per heavy atom. The molecule has 0 spiro atoms. The number of aromatic nitrogens is 1. The fraction of sp³-hybridized carbons (Fsp3) is 0.304. The van der Waals surface area contributed by atoms with Crippen LogP contribution in [0.15, 0.2) is 71.8 Å². The summed E-state index contributed by atoms with van der Waals surface area (Å²) in [5, 5.41) is 0. The van der Waals surface area contributed by atoms with Gasteiger partial charge >= 0.3 is 0 Å². The monoisotopic (exact) mass is 412 g/mol. The molecule has 0 radical (unpaired) electrons. The third kappa shape index (κ3) is 3.63. The van der Waals surface area contributed by atoms with Crippen LogP contribution in [-0.4, -0.2) is 23.8 Å². The molecule has 0 saturated heterocycles. The maximum atomic E-state index is 14.0. The van der Waals surface area contributed by atoms with E-state index in [9.17, 15) is 12.8 Å². The minimum Gasteiger partial charge on any atom is -0.348 e. The van der Waals surface area contributed by atoms with E-state index in [1.807, 2.05) is 35.0 Å². The molecule has 0 N–H and O–H groups in total. The van der Waals surface area contributed by atoms with Crippen LogP contribution in [0.1, 0.15) is 43.6 Å². The SMILES string of the molecule is CC(C)(C)c1ccc(S(=O)(=O)N2CCn3cccc3C2c2cccc(F)c2)cc1. The molecule has 29 heavy (non-hydrogen) atoms. The summed E-state index contributed by atoms with van der Waals surface area (Å²) in [6.07, 6.45) is 1.93. The first-order valence-corrected chi connectivity index (χ1v) is 11.1. The molecule has 0 fully saturated rings. The van der Waals surface area contributed by atoms with Gasteiger partial charge in [-0.1, -0.05) is 45.0 Å². The predicted molar refractivity (Wildman–Crippen MR) is 112 cm³/mol.